The van der Waals surface area contributed by atoms with Gasteiger partial charge in [0.25, 0.3) is 0 Å². The molecule has 0 saturated heterocycles. The van der Waals surface area contributed by atoms with Crippen molar-refractivity contribution in [2.45, 2.75) is 13.0 Å². The summed E-state index contributed by atoms with van der Waals surface area (Å²) in [5.74, 6) is -0.504. The Labute approximate surface area is 96.1 Å². The maximum absolute atomic E-state index is 10.6. The van der Waals surface area contributed by atoms with Crippen molar-refractivity contribution in [3.8, 4) is 0 Å². The Bertz CT molecular complexity index is 372. The maximum atomic E-state index is 10.6. The van der Waals surface area contributed by atoms with Crippen molar-refractivity contribution in [3.05, 3.63) is 34.7 Å². The Morgan fingerprint density at radius 1 is 1.73 bits per heavy atom. The molecule has 0 aliphatic heterocycles. The van der Waals surface area contributed by atoms with Gasteiger partial charge in [-0.15, -0.1) is 0 Å². The third kappa shape index (κ3) is 3.53. The highest BCUT2D eigenvalue weighted by Crippen LogP contribution is 2.16. The van der Waals surface area contributed by atoms with Crippen LogP contribution in [0.25, 0.3) is 0 Å². The van der Waals surface area contributed by atoms with Gasteiger partial charge < -0.3 is 14.8 Å². The molecule has 5 heteroatoms. The van der Waals surface area contributed by atoms with E-state index >= 15 is 0 Å². The van der Waals surface area contributed by atoms with Crippen LogP contribution in [0.5, 0.6) is 0 Å². The lowest BCUT2D eigenvalue weighted by Gasteiger charge is -2.09. The van der Waals surface area contributed by atoms with Crippen LogP contribution in [0.3, 0.4) is 0 Å². The van der Waals surface area contributed by atoms with Crippen LogP contribution < -0.4 is 5.32 Å². The average Bonchev–Trinajstić information content (AvgIpc) is 2.62. The summed E-state index contributed by atoms with van der Waals surface area (Å²) in [7, 11) is 0. The van der Waals surface area contributed by atoms with E-state index in [1.165, 1.54) is 6.07 Å². The van der Waals surface area contributed by atoms with Crippen LogP contribution in [0.4, 0.5) is 0 Å². The van der Waals surface area contributed by atoms with E-state index in [4.69, 9.17) is 9.52 Å². The lowest BCUT2D eigenvalue weighted by Crippen LogP contribution is -2.19. The van der Waals surface area contributed by atoms with E-state index < -0.39 is 5.97 Å². The average molecular weight is 274 g/mol. The van der Waals surface area contributed by atoms with E-state index in [0.717, 1.165) is 4.48 Å². The van der Waals surface area contributed by atoms with Crippen LogP contribution in [-0.2, 0) is 0 Å². The molecule has 0 fully saturated rings. The molecule has 0 spiro atoms. The summed E-state index contributed by atoms with van der Waals surface area (Å²) in [5.41, 5.74) is 0. The zero-order valence-corrected chi connectivity index (χ0v) is 9.87. The first-order chi connectivity index (χ1) is 7.00. The van der Waals surface area contributed by atoms with Gasteiger partial charge in [-0.2, -0.15) is 0 Å². The molecule has 82 valence electrons. The van der Waals surface area contributed by atoms with Crippen molar-refractivity contribution in [2.24, 2.45) is 0 Å². The number of aromatic carboxylic acids is 1. The number of carboxylic acids is 1. The molecule has 1 rings (SSSR count). The van der Waals surface area contributed by atoms with Gasteiger partial charge in [0.05, 0.1) is 6.04 Å². The summed E-state index contributed by atoms with van der Waals surface area (Å²) in [6, 6.07) is 3.05. The lowest BCUT2D eigenvalue weighted by molar-refractivity contribution is 0.0659. The first-order valence-electron chi connectivity index (χ1n) is 4.40. The van der Waals surface area contributed by atoms with E-state index in [0.29, 0.717) is 12.3 Å². The number of furan rings is 1. The second-order valence-corrected chi connectivity index (χ2v) is 4.25. The van der Waals surface area contributed by atoms with E-state index in [1.54, 1.807) is 6.07 Å². The van der Waals surface area contributed by atoms with E-state index in [9.17, 15) is 4.79 Å². The molecule has 0 aliphatic rings. The van der Waals surface area contributed by atoms with Gasteiger partial charge in [-0.05, 0) is 19.1 Å². The molecular formula is C10H12BrNO3. The van der Waals surface area contributed by atoms with Crippen LogP contribution in [0.15, 0.2) is 27.6 Å². The molecular weight excluding hydrogens is 262 g/mol. The van der Waals surface area contributed by atoms with Gasteiger partial charge in [0.1, 0.15) is 5.76 Å². The molecule has 0 bridgehead atoms. The molecule has 1 atom stereocenters. The van der Waals surface area contributed by atoms with E-state index in [1.807, 2.05) is 6.92 Å². The van der Waals surface area contributed by atoms with Gasteiger partial charge in [0, 0.05) is 11.0 Å². The SMILES string of the molecule is C=C(Br)CNC(C)c1ccc(C(=O)O)o1. The fraction of sp³-hybridized carbons (Fsp3) is 0.300. The van der Waals surface area contributed by atoms with Crippen molar-refractivity contribution in [1.82, 2.24) is 5.32 Å². The van der Waals surface area contributed by atoms with Gasteiger partial charge in [-0.25, -0.2) is 4.79 Å². The molecule has 0 aliphatic carbocycles. The Hall–Kier alpha value is -1.07. The highest BCUT2D eigenvalue weighted by molar-refractivity contribution is 9.11. The number of carboxylic acid groups (broad SMARTS) is 1. The third-order valence-corrected chi connectivity index (χ3v) is 2.14. The second-order valence-electron chi connectivity index (χ2n) is 3.13. The number of carbonyl (C=O) groups is 1. The first-order valence-corrected chi connectivity index (χ1v) is 5.19. The monoisotopic (exact) mass is 273 g/mol. The minimum atomic E-state index is -1.06. The van der Waals surface area contributed by atoms with Gasteiger partial charge in [-0.1, -0.05) is 22.5 Å². The number of hydrogen-bond donors (Lipinski definition) is 2. The van der Waals surface area contributed by atoms with Crippen molar-refractivity contribution in [3.63, 3.8) is 0 Å². The van der Waals surface area contributed by atoms with E-state index in [2.05, 4.69) is 27.8 Å². The molecule has 1 aromatic rings. The summed E-state index contributed by atoms with van der Waals surface area (Å²) in [6.45, 7) is 6.17. The Morgan fingerprint density at radius 3 is 2.87 bits per heavy atom. The molecule has 1 unspecified atom stereocenters. The maximum Gasteiger partial charge on any atom is 0.371 e. The minimum absolute atomic E-state index is 0.0451. The van der Waals surface area contributed by atoms with Crippen LogP contribution in [0.2, 0.25) is 0 Å². The largest absolute Gasteiger partial charge is 0.475 e. The zero-order chi connectivity index (χ0) is 11.4. The summed E-state index contributed by atoms with van der Waals surface area (Å²) in [4.78, 5) is 10.6. The molecule has 1 heterocycles. The quantitative estimate of drug-likeness (QED) is 0.866. The standard InChI is InChI=1S/C10H12BrNO3/c1-6(11)5-12-7(2)8-3-4-9(15-8)10(13)14/h3-4,7,12H,1,5H2,2H3,(H,13,14). The van der Waals surface area contributed by atoms with Crippen LogP contribution in [-0.4, -0.2) is 17.6 Å². The van der Waals surface area contributed by atoms with Crippen LogP contribution in [0.1, 0.15) is 29.3 Å². The third-order valence-electron chi connectivity index (χ3n) is 1.86. The van der Waals surface area contributed by atoms with Crippen molar-refractivity contribution < 1.29 is 14.3 Å². The summed E-state index contributed by atoms with van der Waals surface area (Å²) in [5, 5.41) is 11.8. The Kier molecular flexibility index (Phi) is 4.11. The molecule has 0 amide bonds. The topological polar surface area (TPSA) is 62.5 Å². The van der Waals surface area contributed by atoms with Gasteiger partial charge in [-0.3, -0.25) is 0 Å². The predicted octanol–water partition coefficient (Wildman–Crippen LogP) is 2.54. The molecule has 2 N–H and O–H groups in total. The molecule has 0 aromatic carbocycles. The first kappa shape index (κ1) is 12.0. The fourth-order valence-corrected chi connectivity index (χ4v) is 1.23. The summed E-state index contributed by atoms with van der Waals surface area (Å²) >= 11 is 3.22. The van der Waals surface area contributed by atoms with Crippen LogP contribution >= 0.6 is 15.9 Å². The summed E-state index contributed by atoms with van der Waals surface area (Å²) in [6.07, 6.45) is 0. The number of halogens is 1. The lowest BCUT2D eigenvalue weighted by atomic mass is 10.2. The van der Waals surface area contributed by atoms with Crippen molar-refractivity contribution in [1.29, 1.82) is 0 Å². The highest BCUT2D eigenvalue weighted by Gasteiger charge is 2.13. The molecule has 4 nitrogen and oxygen atoms in total. The minimum Gasteiger partial charge on any atom is -0.475 e. The number of hydrogen-bond acceptors (Lipinski definition) is 3. The molecule has 0 saturated carbocycles. The van der Waals surface area contributed by atoms with Crippen LogP contribution in [0, 0.1) is 0 Å². The Morgan fingerprint density at radius 2 is 2.40 bits per heavy atom. The molecule has 1 aromatic heterocycles. The van der Waals surface area contributed by atoms with Gasteiger partial charge in [0.15, 0.2) is 0 Å². The predicted molar refractivity (Wildman–Crippen MR) is 60.2 cm³/mol. The van der Waals surface area contributed by atoms with Crippen molar-refractivity contribution >= 4 is 21.9 Å². The number of nitrogens with one attached hydrogen (secondary N) is 1. The molecule has 0 radical (unpaired) electrons. The van der Waals surface area contributed by atoms with Gasteiger partial charge >= 0.3 is 5.97 Å². The smallest absolute Gasteiger partial charge is 0.371 e. The number of rotatable bonds is 5. The second kappa shape index (κ2) is 5.14. The molecule has 15 heavy (non-hydrogen) atoms. The highest BCUT2D eigenvalue weighted by atomic mass is 79.9. The van der Waals surface area contributed by atoms with E-state index in [-0.39, 0.29) is 11.8 Å². The summed E-state index contributed by atoms with van der Waals surface area (Å²) < 4.78 is 5.96. The van der Waals surface area contributed by atoms with Gasteiger partial charge in [0.2, 0.25) is 5.76 Å². The fourth-order valence-electron chi connectivity index (χ4n) is 1.06. The normalized spacial score (nSPS) is 12.4. The zero-order valence-electron chi connectivity index (χ0n) is 8.29. The Balaban J connectivity index is 2.61. The van der Waals surface area contributed by atoms with Crippen molar-refractivity contribution in [2.75, 3.05) is 6.54 Å².